The smallest absolute Gasteiger partial charge is 0.227 e. The number of nitrogens with zero attached hydrogens (tertiary/aromatic N) is 1. The minimum absolute atomic E-state index is 0.260. The number of fused-ring (bicyclic) bond motifs is 5. The fourth-order valence-corrected chi connectivity index (χ4v) is 8.70. The number of para-hydroxylation sites is 1. The second kappa shape index (κ2) is 11.7. The van der Waals surface area contributed by atoms with Gasteiger partial charge in [0.25, 0.3) is 0 Å². The molecule has 1 aliphatic rings. The second-order valence-corrected chi connectivity index (χ2v) is 14.3. The molecule has 2 atom stereocenters. The molecule has 250 valence electrons. The van der Waals surface area contributed by atoms with Gasteiger partial charge in [-0.25, -0.2) is 4.98 Å². The highest BCUT2D eigenvalue weighted by Gasteiger charge is 2.58. The molecule has 1 fully saturated rings. The number of benzene rings is 8. The van der Waals surface area contributed by atoms with Crippen LogP contribution in [0.15, 0.2) is 191 Å². The van der Waals surface area contributed by atoms with Crippen LogP contribution in [0.3, 0.4) is 0 Å². The molecule has 10 aromatic rings. The lowest BCUT2D eigenvalue weighted by Gasteiger charge is -2.21. The molecule has 8 aromatic carbocycles. The van der Waals surface area contributed by atoms with Gasteiger partial charge in [0.15, 0.2) is 5.58 Å². The van der Waals surface area contributed by atoms with E-state index in [0.29, 0.717) is 5.89 Å². The number of rotatable bonds is 6. The summed E-state index contributed by atoms with van der Waals surface area (Å²) in [5.74, 6) is 0.873. The monoisotopic (exact) mass is 679 g/mol. The summed E-state index contributed by atoms with van der Waals surface area (Å²) >= 11 is 0. The maximum absolute atomic E-state index is 6.90. The number of aromatic nitrogens is 1. The van der Waals surface area contributed by atoms with Gasteiger partial charge in [0.05, 0.1) is 0 Å². The Morgan fingerprint density at radius 3 is 2.04 bits per heavy atom. The summed E-state index contributed by atoms with van der Waals surface area (Å²) in [6.07, 6.45) is 0.979. The van der Waals surface area contributed by atoms with Crippen molar-refractivity contribution in [2.45, 2.75) is 17.8 Å². The molecule has 0 N–H and O–H groups in total. The Morgan fingerprint density at radius 1 is 0.491 bits per heavy atom. The van der Waals surface area contributed by atoms with Crippen LogP contribution in [0.25, 0.3) is 77.5 Å². The largest absolute Gasteiger partial charge is 0.456 e. The van der Waals surface area contributed by atoms with E-state index in [4.69, 9.17) is 13.8 Å². The van der Waals surface area contributed by atoms with Crippen LogP contribution in [0.2, 0.25) is 0 Å². The van der Waals surface area contributed by atoms with Crippen molar-refractivity contribution in [2.75, 3.05) is 0 Å². The number of oxazole rings is 1. The summed E-state index contributed by atoms with van der Waals surface area (Å²) < 4.78 is 13.2. The first-order valence-corrected chi connectivity index (χ1v) is 18.3. The van der Waals surface area contributed by atoms with Gasteiger partial charge in [0.2, 0.25) is 5.89 Å². The molecule has 2 heterocycles. The third-order valence-corrected chi connectivity index (χ3v) is 11.4. The molecule has 11 rings (SSSR count). The van der Waals surface area contributed by atoms with Crippen molar-refractivity contribution in [1.82, 2.24) is 4.98 Å². The Hall–Kier alpha value is -6.71. The van der Waals surface area contributed by atoms with Crippen LogP contribution in [0.5, 0.6) is 0 Å². The summed E-state index contributed by atoms with van der Waals surface area (Å²) in [5.41, 5.74) is 12.8. The van der Waals surface area contributed by atoms with Crippen LogP contribution in [0.4, 0.5) is 0 Å². The van der Waals surface area contributed by atoms with Gasteiger partial charge in [-0.05, 0) is 80.8 Å². The van der Waals surface area contributed by atoms with Gasteiger partial charge in [-0.3, -0.25) is 0 Å². The lowest BCUT2D eigenvalue weighted by Crippen LogP contribution is -2.13. The molecule has 0 aliphatic heterocycles. The van der Waals surface area contributed by atoms with Gasteiger partial charge in [-0.2, -0.15) is 0 Å². The topological polar surface area (TPSA) is 39.2 Å². The first kappa shape index (κ1) is 30.0. The van der Waals surface area contributed by atoms with E-state index in [1.54, 1.807) is 0 Å². The maximum atomic E-state index is 6.90. The predicted octanol–water partition coefficient (Wildman–Crippen LogP) is 13.4. The van der Waals surface area contributed by atoms with E-state index in [1.165, 1.54) is 49.7 Å². The Kier molecular flexibility index (Phi) is 6.59. The van der Waals surface area contributed by atoms with E-state index in [2.05, 4.69) is 146 Å². The van der Waals surface area contributed by atoms with Crippen molar-refractivity contribution in [1.29, 1.82) is 0 Å². The maximum Gasteiger partial charge on any atom is 0.227 e. The minimum Gasteiger partial charge on any atom is -0.456 e. The predicted molar refractivity (Wildman–Crippen MR) is 216 cm³/mol. The Labute approximate surface area is 306 Å². The fraction of sp³-hybridized carbons (Fsp3) is 0.0600. The molecular weight excluding hydrogens is 647 g/mol. The van der Waals surface area contributed by atoms with E-state index in [-0.39, 0.29) is 11.3 Å². The van der Waals surface area contributed by atoms with Crippen LogP contribution in [0, 0.1) is 0 Å². The number of hydrogen-bond acceptors (Lipinski definition) is 3. The highest BCUT2D eigenvalue weighted by Crippen LogP contribution is 2.66. The first-order chi connectivity index (χ1) is 26.2. The molecule has 1 saturated carbocycles. The third kappa shape index (κ3) is 4.78. The Balaban J connectivity index is 1.07. The van der Waals surface area contributed by atoms with Gasteiger partial charge in [-0.15, -0.1) is 0 Å². The zero-order chi connectivity index (χ0) is 34.9. The quantitative estimate of drug-likeness (QED) is 0.176. The zero-order valence-corrected chi connectivity index (χ0v) is 28.9. The van der Waals surface area contributed by atoms with Crippen LogP contribution in [0.1, 0.15) is 29.0 Å². The van der Waals surface area contributed by atoms with Gasteiger partial charge >= 0.3 is 0 Å². The lowest BCUT2D eigenvalue weighted by atomic mass is 9.81. The molecule has 1 aliphatic carbocycles. The van der Waals surface area contributed by atoms with Crippen molar-refractivity contribution >= 4 is 43.8 Å². The normalized spacial score (nSPS) is 16.9. The van der Waals surface area contributed by atoms with E-state index in [9.17, 15) is 0 Å². The highest BCUT2D eigenvalue weighted by molar-refractivity contribution is 6.10. The van der Waals surface area contributed by atoms with Crippen LogP contribution in [-0.2, 0) is 5.41 Å². The summed E-state index contributed by atoms with van der Waals surface area (Å²) in [6.45, 7) is 0. The van der Waals surface area contributed by atoms with Crippen molar-refractivity contribution in [3.05, 3.63) is 199 Å². The SMILES string of the molecule is c1ccc(-c2nc3cc4c(cc3o2)oc2c(C3(c5ccc(-c6ccc7ccccc7c6)cc5)CC3c3ccccc3-c3ccccc3)cccc24)cc1. The van der Waals surface area contributed by atoms with Crippen LogP contribution in [-0.4, -0.2) is 4.98 Å². The molecule has 3 heteroatoms. The molecular formula is C50H33NO2. The Morgan fingerprint density at radius 2 is 1.21 bits per heavy atom. The third-order valence-electron chi connectivity index (χ3n) is 11.4. The fourth-order valence-electron chi connectivity index (χ4n) is 8.70. The van der Waals surface area contributed by atoms with E-state index in [1.807, 2.05) is 36.4 Å². The summed E-state index contributed by atoms with van der Waals surface area (Å²) in [6, 6.07) is 65.1. The standard InChI is InChI=1S/C50H33NO2/c1-3-13-34(14-4-1)39-18-9-10-19-40(39)44-31-50(44,38-26-24-33(25-27-38)37-23-22-32-12-7-8-17-36(32)28-37)43-21-11-20-41-42-29-45-47(30-46(42)52-48(41)43)53-49(51-45)35-15-5-2-6-16-35/h1-30,44H,31H2. The Bertz CT molecular complexity index is 2980. The highest BCUT2D eigenvalue weighted by atomic mass is 16.4. The lowest BCUT2D eigenvalue weighted by molar-refractivity contribution is 0.617. The molecule has 0 spiro atoms. The van der Waals surface area contributed by atoms with Gasteiger partial charge in [-0.1, -0.05) is 152 Å². The summed E-state index contributed by atoms with van der Waals surface area (Å²) in [7, 11) is 0. The average Bonchev–Trinajstić information content (AvgIpc) is 3.67. The minimum atomic E-state index is -0.280. The second-order valence-electron chi connectivity index (χ2n) is 14.3. The van der Waals surface area contributed by atoms with Crippen molar-refractivity contribution in [2.24, 2.45) is 0 Å². The van der Waals surface area contributed by atoms with Gasteiger partial charge in [0.1, 0.15) is 16.7 Å². The van der Waals surface area contributed by atoms with Crippen molar-refractivity contribution in [3.8, 4) is 33.7 Å². The van der Waals surface area contributed by atoms with Gasteiger partial charge < -0.3 is 8.83 Å². The zero-order valence-electron chi connectivity index (χ0n) is 28.9. The average molecular weight is 680 g/mol. The van der Waals surface area contributed by atoms with E-state index in [0.717, 1.165) is 45.0 Å². The molecule has 2 unspecified atom stereocenters. The van der Waals surface area contributed by atoms with Crippen molar-refractivity contribution in [3.63, 3.8) is 0 Å². The molecule has 0 bridgehead atoms. The van der Waals surface area contributed by atoms with Crippen LogP contribution < -0.4 is 0 Å². The molecule has 53 heavy (non-hydrogen) atoms. The molecule has 0 saturated heterocycles. The molecule has 0 radical (unpaired) electrons. The first-order valence-electron chi connectivity index (χ1n) is 18.3. The summed E-state index contributed by atoms with van der Waals surface area (Å²) in [4.78, 5) is 4.88. The molecule has 3 nitrogen and oxygen atoms in total. The van der Waals surface area contributed by atoms with Gasteiger partial charge in [0, 0.05) is 33.4 Å². The summed E-state index contributed by atoms with van der Waals surface area (Å²) in [5, 5.41) is 4.65. The van der Waals surface area contributed by atoms with Crippen molar-refractivity contribution < 1.29 is 8.83 Å². The number of hydrogen-bond donors (Lipinski definition) is 0. The van der Waals surface area contributed by atoms with E-state index < -0.39 is 0 Å². The van der Waals surface area contributed by atoms with Crippen LogP contribution >= 0.6 is 0 Å². The number of furan rings is 1. The van der Waals surface area contributed by atoms with E-state index >= 15 is 0 Å². The molecule has 2 aromatic heterocycles. The molecule has 0 amide bonds.